The van der Waals surface area contributed by atoms with Gasteiger partial charge in [-0.1, -0.05) is 6.07 Å². The maximum atomic E-state index is 12.7. The molecule has 3 rings (SSSR count). The zero-order valence-corrected chi connectivity index (χ0v) is 10.3. The lowest BCUT2D eigenvalue weighted by molar-refractivity contribution is -0.137. The second-order valence-corrected chi connectivity index (χ2v) is 5.13. The fraction of sp³-hybridized carbons (Fsp3) is 0.385. The maximum Gasteiger partial charge on any atom is 0.416 e. The van der Waals surface area contributed by atoms with Crippen molar-refractivity contribution in [3.05, 3.63) is 29.8 Å². The Labute approximate surface area is 112 Å². The molecule has 0 bridgehead atoms. The number of halogens is 3. The largest absolute Gasteiger partial charge is 0.416 e. The molecule has 1 saturated carbocycles. The molecule has 2 aliphatic rings. The first-order chi connectivity index (χ1) is 9.33. The van der Waals surface area contributed by atoms with E-state index in [4.69, 9.17) is 0 Å². The molecule has 0 radical (unpaired) electrons. The molecule has 0 aromatic heterocycles. The van der Waals surface area contributed by atoms with E-state index in [2.05, 4.69) is 5.32 Å². The van der Waals surface area contributed by atoms with Gasteiger partial charge in [0.15, 0.2) is 0 Å². The molecule has 0 unspecified atom stereocenters. The predicted molar refractivity (Wildman–Crippen MR) is 64.0 cm³/mol. The highest BCUT2D eigenvalue weighted by Crippen LogP contribution is 2.49. The Kier molecular flexibility index (Phi) is 2.57. The third-order valence-electron chi connectivity index (χ3n) is 3.72. The number of urea groups is 1. The Bertz CT molecular complexity index is 594. The second kappa shape index (κ2) is 3.97. The SMILES string of the molecule is O=C1NCC2(CC2)C(=O)N1c1cccc(C(F)(F)F)c1. The minimum atomic E-state index is -4.51. The number of carbonyl (C=O) groups excluding carboxylic acids is 2. The Balaban J connectivity index is 1.99. The molecule has 1 aliphatic heterocycles. The van der Waals surface area contributed by atoms with Crippen LogP contribution >= 0.6 is 0 Å². The monoisotopic (exact) mass is 284 g/mol. The van der Waals surface area contributed by atoms with E-state index in [1.54, 1.807) is 0 Å². The first-order valence-corrected chi connectivity index (χ1v) is 6.13. The van der Waals surface area contributed by atoms with Crippen molar-refractivity contribution >= 4 is 17.6 Å². The van der Waals surface area contributed by atoms with Crippen molar-refractivity contribution in [2.45, 2.75) is 19.0 Å². The van der Waals surface area contributed by atoms with Crippen LogP contribution in [0, 0.1) is 5.41 Å². The smallest absolute Gasteiger partial charge is 0.336 e. The molecule has 1 aromatic rings. The van der Waals surface area contributed by atoms with Gasteiger partial charge in [-0.3, -0.25) is 4.79 Å². The van der Waals surface area contributed by atoms with Gasteiger partial charge in [0.1, 0.15) is 0 Å². The molecular weight excluding hydrogens is 273 g/mol. The van der Waals surface area contributed by atoms with Gasteiger partial charge in [0.25, 0.3) is 0 Å². The lowest BCUT2D eigenvalue weighted by Crippen LogP contribution is -2.56. The minimum absolute atomic E-state index is 0.0479. The van der Waals surface area contributed by atoms with Gasteiger partial charge in [-0.15, -0.1) is 0 Å². The zero-order chi connectivity index (χ0) is 14.5. The number of anilines is 1. The number of carbonyl (C=O) groups is 2. The van der Waals surface area contributed by atoms with Crippen molar-refractivity contribution in [2.24, 2.45) is 5.41 Å². The highest BCUT2D eigenvalue weighted by molar-refractivity contribution is 6.18. The van der Waals surface area contributed by atoms with Gasteiger partial charge in [0.05, 0.1) is 16.7 Å². The number of hydrogen-bond donors (Lipinski definition) is 1. The van der Waals surface area contributed by atoms with E-state index in [1.165, 1.54) is 12.1 Å². The molecule has 1 heterocycles. The molecular formula is C13H11F3N2O2. The second-order valence-electron chi connectivity index (χ2n) is 5.13. The Morgan fingerprint density at radius 1 is 1.20 bits per heavy atom. The third-order valence-corrected chi connectivity index (χ3v) is 3.72. The van der Waals surface area contributed by atoms with Crippen molar-refractivity contribution in [2.75, 3.05) is 11.4 Å². The molecule has 1 aliphatic carbocycles. The van der Waals surface area contributed by atoms with Gasteiger partial charge in [-0.05, 0) is 31.0 Å². The van der Waals surface area contributed by atoms with Gasteiger partial charge >= 0.3 is 12.2 Å². The van der Waals surface area contributed by atoms with Crippen molar-refractivity contribution in [3.8, 4) is 0 Å². The highest BCUT2D eigenvalue weighted by atomic mass is 19.4. The maximum absolute atomic E-state index is 12.7. The zero-order valence-electron chi connectivity index (χ0n) is 10.3. The van der Waals surface area contributed by atoms with Gasteiger partial charge in [0, 0.05) is 6.54 Å². The summed E-state index contributed by atoms with van der Waals surface area (Å²) in [6, 6.07) is 3.56. The average molecular weight is 284 g/mol. The van der Waals surface area contributed by atoms with Crippen molar-refractivity contribution in [1.82, 2.24) is 5.32 Å². The summed E-state index contributed by atoms with van der Waals surface area (Å²) < 4.78 is 38.1. The summed E-state index contributed by atoms with van der Waals surface area (Å²) in [6.07, 6.45) is -3.20. The van der Waals surface area contributed by atoms with Crippen LogP contribution in [0.4, 0.5) is 23.7 Å². The number of nitrogens with one attached hydrogen (secondary N) is 1. The molecule has 20 heavy (non-hydrogen) atoms. The summed E-state index contributed by atoms with van der Waals surface area (Å²) in [4.78, 5) is 24.9. The Morgan fingerprint density at radius 3 is 2.50 bits per heavy atom. The Hall–Kier alpha value is -2.05. The molecule has 3 amide bonds. The van der Waals surface area contributed by atoms with Crippen LogP contribution in [0.3, 0.4) is 0 Å². The highest BCUT2D eigenvalue weighted by Gasteiger charge is 2.56. The number of rotatable bonds is 1. The fourth-order valence-corrected chi connectivity index (χ4v) is 2.33. The molecule has 1 N–H and O–H groups in total. The summed E-state index contributed by atoms with van der Waals surface area (Å²) in [5, 5.41) is 2.56. The van der Waals surface area contributed by atoms with Crippen LogP contribution in [0.5, 0.6) is 0 Å². The first kappa shape index (κ1) is 13.0. The molecule has 7 heteroatoms. The number of imide groups is 1. The fourth-order valence-electron chi connectivity index (χ4n) is 2.33. The van der Waals surface area contributed by atoms with E-state index in [-0.39, 0.29) is 12.2 Å². The minimum Gasteiger partial charge on any atom is -0.336 e. The molecule has 1 aromatic carbocycles. The van der Waals surface area contributed by atoms with E-state index in [0.717, 1.165) is 17.0 Å². The number of nitrogens with zero attached hydrogens (tertiary/aromatic N) is 1. The number of amides is 3. The third kappa shape index (κ3) is 1.93. The summed E-state index contributed by atoms with van der Waals surface area (Å²) in [5.41, 5.74) is -1.54. The quantitative estimate of drug-likeness (QED) is 0.861. The van der Waals surface area contributed by atoms with E-state index >= 15 is 0 Å². The molecule has 2 fully saturated rings. The lowest BCUT2D eigenvalue weighted by atomic mass is 10.0. The van der Waals surface area contributed by atoms with Crippen LogP contribution in [0.15, 0.2) is 24.3 Å². The molecule has 1 saturated heterocycles. The normalized spacial score (nSPS) is 21.1. The van der Waals surface area contributed by atoms with Crippen molar-refractivity contribution in [1.29, 1.82) is 0 Å². The van der Waals surface area contributed by atoms with E-state index < -0.39 is 29.1 Å². The van der Waals surface area contributed by atoms with Crippen LogP contribution in [0.1, 0.15) is 18.4 Å². The Morgan fingerprint density at radius 2 is 1.90 bits per heavy atom. The number of alkyl halides is 3. The summed E-state index contributed by atoms with van der Waals surface area (Å²) >= 11 is 0. The van der Waals surface area contributed by atoms with Crippen LogP contribution in [-0.2, 0) is 11.0 Å². The van der Waals surface area contributed by atoms with Gasteiger partial charge in [-0.2, -0.15) is 13.2 Å². The average Bonchev–Trinajstić information content (AvgIpc) is 3.15. The summed E-state index contributed by atoms with van der Waals surface area (Å²) in [5.74, 6) is -0.416. The topological polar surface area (TPSA) is 49.4 Å². The van der Waals surface area contributed by atoms with Crippen LogP contribution in [-0.4, -0.2) is 18.5 Å². The first-order valence-electron chi connectivity index (χ1n) is 6.13. The predicted octanol–water partition coefficient (Wildman–Crippen LogP) is 2.54. The summed E-state index contributed by atoms with van der Waals surface area (Å²) in [6.45, 7) is 0.264. The van der Waals surface area contributed by atoms with Gasteiger partial charge in [0.2, 0.25) is 5.91 Å². The van der Waals surface area contributed by atoms with E-state index in [0.29, 0.717) is 12.8 Å². The molecule has 106 valence electrons. The standard InChI is InChI=1S/C13H11F3N2O2/c14-13(15,16)8-2-1-3-9(6-8)18-10(19)12(4-5-12)7-17-11(18)20/h1-3,6H,4-5,7H2,(H,17,20). The lowest BCUT2D eigenvalue weighted by Gasteiger charge is -2.31. The van der Waals surface area contributed by atoms with Crippen LogP contribution in [0.2, 0.25) is 0 Å². The van der Waals surface area contributed by atoms with E-state index in [9.17, 15) is 22.8 Å². The molecule has 0 atom stereocenters. The molecule has 4 nitrogen and oxygen atoms in total. The number of benzene rings is 1. The van der Waals surface area contributed by atoms with Crippen LogP contribution < -0.4 is 10.2 Å². The van der Waals surface area contributed by atoms with Gasteiger partial charge < -0.3 is 5.32 Å². The van der Waals surface area contributed by atoms with E-state index in [1.807, 2.05) is 0 Å². The van der Waals surface area contributed by atoms with Gasteiger partial charge in [-0.25, -0.2) is 9.69 Å². The molecule has 1 spiro atoms. The number of hydrogen-bond acceptors (Lipinski definition) is 2. The summed E-state index contributed by atoms with van der Waals surface area (Å²) in [7, 11) is 0. The van der Waals surface area contributed by atoms with Crippen molar-refractivity contribution < 1.29 is 22.8 Å². The van der Waals surface area contributed by atoms with Crippen LogP contribution in [0.25, 0.3) is 0 Å². The van der Waals surface area contributed by atoms with Crippen molar-refractivity contribution in [3.63, 3.8) is 0 Å².